The van der Waals surface area contributed by atoms with Crippen LogP contribution in [0.4, 0.5) is 10.6 Å². The van der Waals surface area contributed by atoms with E-state index >= 15 is 0 Å². The first-order valence-corrected chi connectivity index (χ1v) is 13.9. The normalized spacial score (nSPS) is 15.6. The topological polar surface area (TPSA) is 120 Å². The highest BCUT2D eigenvalue weighted by molar-refractivity contribution is 7.90. The summed E-state index contributed by atoms with van der Waals surface area (Å²) < 4.78 is 40.5. The van der Waals surface area contributed by atoms with Crippen molar-refractivity contribution in [2.45, 2.75) is 44.2 Å². The summed E-state index contributed by atoms with van der Waals surface area (Å²) in [6, 6.07) is 10.9. The summed E-state index contributed by atoms with van der Waals surface area (Å²) in [5.74, 6) is -0.202. The van der Waals surface area contributed by atoms with E-state index in [-0.39, 0.29) is 21.2 Å². The SMILES string of the molecule is COc1ccc(S(=O)(=O)NC(=O)C2=C(C)N(C(=O)OC(C)(C)C)c3ccnn3C2c2ccc(Cl)c(Cl)c2)cc1. The Balaban J connectivity index is 1.85. The minimum Gasteiger partial charge on any atom is -0.497 e. The van der Waals surface area contributed by atoms with Crippen LogP contribution in [0.15, 0.2) is 70.9 Å². The number of hydrogen-bond donors (Lipinski definition) is 1. The average Bonchev–Trinajstić information content (AvgIpc) is 3.32. The number of allylic oxidation sites excluding steroid dienone is 1. The maximum atomic E-state index is 13.8. The predicted octanol–water partition coefficient (Wildman–Crippen LogP) is 5.32. The van der Waals surface area contributed by atoms with Crippen molar-refractivity contribution in [3.05, 3.63) is 81.6 Å². The number of ether oxygens (including phenoxy) is 2. The molecule has 1 aliphatic heterocycles. The summed E-state index contributed by atoms with van der Waals surface area (Å²) in [4.78, 5) is 28.1. The molecule has 0 bridgehead atoms. The molecule has 10 nitrogen and oxygen atoms in total. The van der Waals surface area contributed by atoms with Crippen molar-refractivity contribution in [1.82, 2.24) is 14.5 Å². The fourth-order valence-electron chi connectivity index (χ4n) is 4.10. The van der Waals surface area contributed by atoms with Gasteiger partial charge >= 0.3 is 6.09 Å². The van der Waals surface area contributed by atoms with Crippen LogP contribution >= 0.6 is 23.2 Å². The highest BCUT2D eigenvalue weighted by Crippen LogP contribution is 2.41. The predicted molar refractivity (Wildman–Crippen MR) is 147 cm³/mol. The van der Waals surface area contributed by atoms with Gasteiger partial charge in [-0.2, -0.15) is 5.10 Å². The molecule has 0 saturated heterocycles. The highest BCUT2D eigenvalue weighted by atomic mass is 35.5. The number of fused-ring (bicyclic) bond motifs is 1. The monoisotopic (exact) mass is 592 g/mol. The molecule has 206 valence electrons. The van der Waals surface area contributed by atoms with Crippen molar-refractivity contribution in [3.8, 4) is 5.75 Å². The van der Waals surface area contributed by atoms with Crippen LogP contribution in [0.5, 0.6) is 5.75 Å². The largest absolute Gasteiger partial charge is 0.497 e. The van der Waals surface area contributed by atoms with Crippen molar-refractivity contribution in [2.24, 2.45) is 0 Å². The molecule has 13 heteroatoms. The smallest absolute Gasteiger partial charge is 0.420 e. The molecule has 1 aromatic heterocycles. The van der Waals surface area contributed by atoms with Gasteiger partial charge in [0.15, 0.2) is 0 Å². The lowest BCUT2D eigenvalue weighted by molar-refractivity contribution is -0.116. The van der Waals surface area contributed by atoms with Crippen LogP contribution < -0.4 is 14.4 Å². The molecule has 0 spiro atoms. The third kappa shape index (κ3) is 5.75. The van der Waals surface area contributed by atoms with Gasteiger partial charge in [0.2, 0.25) is 0 Å². The van der Waals surface area contributed by atoms with Crippen LogP contribution in [0.25, 0.3) is 0 Å². The number of halogens is 2. The Morgan fingerprint density at radius 1 is 1.03 bits per heavy atom. The zero-order chi connectivity index (χ0) is 28.7. The van der Waals surface area contributed by atoms with E-state index in [4.69, 9.17) is 32.7 Å². The lowest BCUT2D eigenvalue weighted by Crippen LogP contribution is -2.44. The fraction of sp³-hybridized carbons (Fsp3) is 0.269. The van der Waals surface area contributed by atoms with Gasteiger partial charge in [-0.25, -0.2) is 27.5 Å². The third-order valence-electron chi connectivity index (χ3n) is 5.80. The van der Waals surface area contributed by atoms with Gasteiger partial charge in [0.25, 0.3) is 15.9 Å². The maximum absolute atomic E-state index is 13.8. The third-order valence-corrected chi connectivity index (χ3v) is 7.88. The van der Waals surface area contributed by atoms with E-state index in [0.717, 1.165) is 0 Å². The van der Waals surface area contributed by atoms with Crippen molar-refractivity contribution >= 4 is 51.0 Å². The molecule has 1 N–H and O–H groups in total. The van der Waals surface area contributed by atoms with Crippen LogP contribution in [-0.4, -0.2) is 42.9 Å². The van der Waals surface area contributed by atoms with Gasteiger partial charge in [-0.15, -0.1) is 0 Å². The van der Waals surface area contributed by atoms with Crippen LogP contribution in [0.1, 0.15) is 39.3 Å². The molecule has 0 radical (unpaired) electrons. The highest BCUT2D eigenvalue weighted by Gasteiger charge is 2.41. The number of methoxy groups -OCH3 is 1. The minimum atomic E-state index is -4.31. The first-order chi connectivity index (χ1) is 18.2. The average molecular weight is 593 g/mol. The summed E-state index contributed by atoms with van der Waals surface area (Å²) in [6.07, 6.45) is 0.692. The Morgan fingerprint density at radius 2 is 1.69 bits per heavy atom. The molecular weight excluding hydrogens is 567 g/mol. The molecular formula is C26H26Cl2N4O6S. The van der Waals surface area contributed by atoms with Gasteiger partial charge in [0, 0.05) is 11.8 Å². The number of anilines is 1. The molecule has 0 aliphatic carbocycles. The van der Waals surface area contributed by atoms with Crippen LogP contribution in [0.3, 0.4) is 0 Å². The lowest BCUT2D eigenvalue weighted by Gasteiger charge is -2.36. The Kier molecular flexibility index (Phi) is 7.70. The van der Waals surface area contributed by atoms with Crippen molar-refractivity contribution in [3.63, 3.8) is 0 Å². The van der Waals surface area contributed by atoms with Gasteiger partial charge in [-0.3, -0.25) is 4.79 Å². The number of carbonyl (C=O) groups is 2. The zero-order valence-corrected chi connectivity index (χ0v) is 24.1. The molecule has 1 aliphatic rings. The number of amides is 2. The van der Waals surface area contributed by atoms with Gasteiger partial charge in [0.1, 0.15) is 23.2 Å². The van der Waals surface area contributed by atoms with Gasteiger partial charge in [-0.1, -0.05) is 29.3 Å². The molecule has 2 amide bonds. The van der Waals surface area contributed by atoms with Gasteiger partial charge in [0.05, 0.1) is 33.8 Å². The van der Waals surface area contributed by atoms with E-state index in [1.807, 2.05) is 0 Å². The number of carbonyl (C=O) groups excluding carboxylic acids is 2. The second kappa shape index (κ2) is 10.6. The summed E-state index contributed by atoms with van der Waals surface area (Å²) in [6.45, 7) is 6.65. The first-order valence-electron chi connectivity index (χ1n) is 11.7. The number of nitrogens with one attached hydrogen (secondary N) is 1. The molecule has 2 aromatic carbocycles. The Hall–Kier alpha value is -3.54. The fourth-order valence-corrected chi connectivity index (χ4v) is 5.38. The summed E-state index contributed by atoms with van der Waals surface area (Å²) in [5.41, 5.74) is -0.268. The van der Waals surface area contributed by atoms with Gasteiger partial charge < -0.3 is 9.47 Å². The Morgan fingerprint density at radius 3 is 2.28 bits per heavy atom. The molecule has 1 atom stereocenters. The summed E-state index contributed by atoms with van der Waals surface area (Å²) in [5, 5.41) is 4.87. The van der Waals surface area contributed by atoms with Crippen molar-refractivity contribution < 1.29 is 27.5 Å². The van der Waals surface area contributed by atoms with Crippen LogP contribution in [-0.2, 0) is 19.6 Å². The minimum absolute atomic E-state index is 0.0625. The molecule has 4 rings (SSSR count). The molecule has 2 heterocycles. The van der Waals surface area contributed by atoms with E-state index < -0.39 is 33.7 Å². The Bertz CT molecular complexity index is 1580. The van der Waals surface area contributed by atoms with Crippen molar-refractivity contribution in [2.75, 3.05) is 12.0 Å². The second-order valence-corrected chi connectivity index (χ2v) is 12.1. The number of rotatable bonds is 5. The zero-order valence-electron chi connectivity index (χ0n) is 21.7. The van der Waals surface area contributed by atoms with Crippen LogP contribution in [0, 0.1) is 0 Å². The summed E-state index contributed by atoms with van der Waals surface area (Å²) in [7, 11) is -2.86. The van der Waals surface area contributed by atoms with Crippen molar-refractivity contribution in [1.29, 1.82) is 0 Å². The van der Waals surface area contributed by atoms with E-state index in [2.05, 4.69) is 9.82 Å². The second-order valence-electron chi connectivity index (χ2n) is 9.64. The number of hydrogen-bond acceptors (Lipinski definition) is 7. The van der Waals surface area contributed by atoms with E-state index in [9.17, 15) is 18.0 Å². The molecule has 0 saturated carbocycles. The summed E-state index contributed by atoms with van der Waals surface area (Å²) >= 11 is 12.4. The lowest BCUT2D eigenvalue weighted by atomic mass is 9.94. The molecule has 3 aromatic rings. The molecule has 0 fully saturated rings. The molecule has 39 heavy (non-hydrogen) atoms. The number of benzene rings is 2. The number of nitrogens with zero attached hydrogens (tertiary/aromatic N) is 3. The molecule has 1 unspecified atom stereocenters. The van der Waals surface area contributed by atoms with E-state index in [1.165, 1.54) is 54.1 Å². The van der Waals surface area contributed by atoms with E-state index in [1.54, 1.807) is 45.0 Å². The number of aromatic nitrogens is 2. The van der Waals surface area contributed by atoms with Crippen LogP contribution in [0.2, 0.25) is 10.0 Å². The standard InChI is InChI=1S/C26H26Cl2N4O6S/c1-15-22(24(33)30-39(35,36)18-9-7-17(37-5)8-10-18)23(16-6-11-19(27)20(28)14-16)32-21(12-13-29-32)31(15)25(34)38-26(2,3)4/h6-14,23H,1-5H3,(H,30,33). The van der Waals surface area contributed by atoms with Gasteiger partial charge in [-0.05, 0) is 69.7 Å². The quantitative estimate of drug-likeness (QED) is 0.425. The van der Waals surface area contributed by atoms with E-state index in [0.29, 0.717) is 22.2 Å². The first kappa shape index (κ1) is 28.5. The Labute approximate surface area is 236 Å². The maximum Gasteiger partial charge on any atom is 0.420 e. The number of sulfonamides is 1.